The summed E-state index contributed by atoms with van der Waals surface area (Å²) < 4.78 is 6.60. The van der Waals surface area contributed by atoms with Crippen molar-refractivity contribution in [1.82, 2.24) is 19.8 Å². The summed E-state index contributed by atoms with van der Waals surface area (Å²) in [5.74, 6) is 6.84. The van der Waals surface area contributed by atoms with Crippen LogP contribution in [-0.4, -0.2) is 43.5 Å². The van der Waals surface area contributed by atoms with E-state index in [1.54, 1.807) is 31.0 Å². The van der Waals surface area contributed by atoms with Crippen LogP contribution in [-0.2, 0) is 4.79 Å². The molecule has 3 rings (SSSR count). The van der Waals surface area contributed by atoms with Gasteiger partial charge in [-0.1, -0.05) is 31.0 Å². The molecule has 1 saturated carbocycles. The zero-order valence-corrected chi connectivity index (χ0v) is 15.7. The van der Waals surface area contributed by atoms with Crippen molar-refractivity contribution >= 4 is 17.7 Å². The Labute approximate surface area is 156 Å². The largest absolute Gasteiger partial charge is 0.461 e. The lowest BCUT2D eigenvalue weighted by Gasteiger charge is -2.40. The van der Waals surface area contributed by atoms with Crippen LogP contribution in [0.25, 0.3) is 11.6 Å². The standard InChI is InChI=1S/C17H22N6O2S/c1-12(15(24)22(2)17(11-18)8-4-3-5-9-17)26-16-21-20-14(23(16)19)13-7-6-10-25-13/h6-7,10,12H,3-5,8-9,19H2,1-2H3/t12-/m0/s1. The smallest absolute Gasteiger partial charge is 0.236 e. The fourth-order valence-electron chi connectivity index (χ4n) is 3.28. The highest BCUT2D eigenvalue weighted by atomic mass is 32.2. The molecular weight excluding hydrogens is 352 g/mol. The molecule has 0 radical (unpaired) electrons. The highest BCUT2D eigenvalue weighted by molar-refractivity contribution is 8.00. The average Bonchev–Trinajstić information content (AvgIpc) is 3.31. The summed E-state index contributed by atoms with van der Waals surface area (Å²) in [6.45, 7) is 1.79. The predicted octanol–water partition coefficient (Wildman–Crippen LogP) is 2.42. The Kier molecular flexibility index (Phi) is 5.23. The fraction of sp³-hybridized carbons (Fsp3) is 0.529. The van der Waals surface area contributed by atoms with Crippen LogP contribution in [0.2, 0.25) is 0 Å². The van der Waals surface area contributed by atoms with Crippen molar-refractivity contribution in [2.24, 2.45) is 0 Å². The number of nitrogen functional groups attached to an aromatic ring is 1. The molecule has 1 aliphatic rings. The van der Waals surface area contributed by atoms with Gasteiger partial charge in [0.25, 0.3) is 0 Å². The summed E-state index contributed by atoms with van der Waals surface area (Å²) in [7, 11) is 1.72. The molecule has 0 saturated heterocycles. The first-order valence-corrected chi connectivity index (χ1v) is 9.46. The Morgan fingerprint density at radius 2 is 2.19 bits per heavy atom. The van der Waals surface area contributed by atoms with Crippen molar-refractivity contribution in [3.05, 3.63) is 18.4 Å². The van der Waals surface area contributed by atoms with E-state index < -0.39 is 10.8 Å². The van der Waals surface area contributed by atoms with Gasteiger partial charge in [-0.25, -0.2) is 4.68 Å². The maximum atomic E-state index is 12.9. The Hall–Kier alpha value is -2.47. The highest BCUT2D eigenvalue weighted by Crippen LogP contribution is 2.34. The lowest BCUT2D eigenvalue weighted by molar-refractivity contribution is -0.133. The molecule has 0 unspecified atom stereocenters. The van der Waals surface area contributed by atoms with Gasteiger partial charge in [-0.15, -0.1) is 10.2 Å². The van der Waals surface area contributed by atoms with E-state index in [1.165, 1.54) is 22.7 Å². The van der Waals surface area contributed by atoms with Gasteiger partial charge in [0.05, 0.1) is 17.6 Å². The molecule has 2 aromatic rings. The monoisotopic (exact) mass is 374 g/mol. The van der Waals surface area contributed by atoms with E-state index in [2.05, 4.69) is 16.3 Å². The van der Waals surface area contributed by atoms with Crippen LogP contribution in [0.3, 0.4) is 0 Å². The van der Waals surface area contributed by atoms with Crippen molar-refractivity contribution in [1.29, 1.82) is 5.26 Å². The lowest BCUT2D eigenvalue weighted by atomic mass is 9.81. The molecule has 2 N–H and O–H groups in total. The minimum Gasteiger partial charge on any atom is -0.461 e. The van der Waals surface area contributed by atoms with E-state index in [4.69, 9.17) is 10.3 Å². The SMILES string of the molecule is C[C@H](Sc1nnc(-c2ccco2)n1N)C(=O)N(C)C1(C#N)CCCCC1. The van der Waals surface area contributed by atoms with Crippen molar-refractivity contribution in [2.45, 2.75) is 55.0 Å². The maximum Gasteiger partial charge on any atom is 0.236 e. The number of furan rings is 1. The van der Waals surface area contributed by atoms with Crippen LogP contribution in [0, 0.1) is 11.3 Å². The fourth-order valence-corrected chi connectivity index (χ4v) is 4.15. The van der Waals surface area contributed by atoms with Gasteiger partial charge in [0.2, 0.25) is 16.9 Å². The zero-order valence-electron chi connectivity index (χ0n) is 14.9. The molecule has 0 aromatic carbocycles. The molecule has 8 nitrogen and oxygen atoms in total. The third-order valence-electron chi connectivity index (χ3n) is 4.90. The number of hydrogen-bond donors (Lipinski definition) is 1. The molecule has 0 aliphatic heterocycles. The molecule has 0 spiro atoms. The summed E-state index contributed by atoms with van der Waals surface area (Å²) in [5, 5.41) is 17.7. The summed E-state index contributed by atoms with van der Waals surface area (Å²) in [6, 6.07) is 5.86. The van der Waals surface area contributed by atoms with Gasteiger partial charge in [-0.3, -0.25) is 4.79 Å². The van der Waals surface area contributed by atoms with Crippen LogP contribution >= 0.6 is 11.8 Å². The highest BCUT2D eigenvalue weighted by Gasteiger charge is 2.40. The van der Waals surface area contributed by atoms with E-state index in [9.17, 15) is 10.1 Å². The number of nitrogens with zero attached hydrogens (tertiary/aromatic N) is 5. The number of nitriles is 1. The molecule has 26 heavy (non-hydrogen) atoms. The van der Waals surface area contributed by atoms with Crippen molar-refractivity contribution in [3.8, 4) is 17.7 Å². The van der Waals surface area contributed by atoms with Crippen LogP contribution in [0.5, 0.6) is 0 Å². The number of nitrogens with two attached hydrogens (primary N) is 1. The van der Waals surface area contributed by atoms with Gasteiger partial charge in [-0.05, 0) is 31.9 Å². The van der Waals surface area contributed by atoms with E-state index in [0.717, 1.165) is 32.1 Å². The third-order valence-corrected chi connectivity index (χ3v) is 5.94. The lowest BCUT2D eigenvalue weighted by Crippen LogP contribution is -2.52. The van der Waals surface area contributed by atoms with Gasteiger partial charge < -0.3 is 15.2 Å². The molecule has 0 bridgehead atoms. The quantitative estimate of drug-likeness (QED) is 0.631. The number of carbonyl (C=O) groups excluding carboxylic acids is 1. The van der Waals surface area contributed by atoms with Gasteiger partial charge in [-0.2, -0.15) is 5.26 Å². The maximum absolute atomic E-state index is 12.9. The molecule has 1 fully saturated rings. The Balaban J connectivity index is 1.73. The second-order valence-corrected chi connectivity index (χ2v) is 7.82. The second kappa shape index (κ2) is 7.41. The second-order valence-electron chi connectivity index (χ2n) is 6.51. The number of thioether (sulfide) groups is 1. The number of aromatic nitrogens is 3. The van der Waals surface area contributed by atoms with E-state index >= 15 is 0 Å². The normalized spacial score (nSPS) is 17.4. The summed E-state index contributed by atoms with van der Waals surface area (Å²) in [6.07, 6.45) is 6.02. The molecule has 2 heterocycles. The molecule has 138 valence electrons. The Bertz CT molecular complexity index is 804. The van der Waals surface area contributed by atoms with Crippen LogP contribution in [0.4, 0.5) is 0 Å². The third kappa shape index (κ3) is 3.29. The van der Waals surface area contributed by atoms with Gasteiger partial charge in [0.15, 0.2) is 5.76 Å². The van der Waals surface area contributed by atoms with Crippen LogP contribution < -0.4 is 5.84 Å². The zero-order chi connectivity index (χ0) is 18.7. The van der Waals surface area contributed by atoms with E-state index in [-0.39, 0.29) is 5.91 Å². The first-order valence-electron chi connectivity index (χ1n) is 8.58. The number of carbonyl (C=O) groups is 1. The van der Waals surface area contributed by atoms with Crippen molar-refractivity contribution in [2.75, 3.05) is 12.9 Å². The van der Waals surface area contributed by atoms with E-state index in [0.29, 0.717) is 16.7 Å². The van der Waals surface area contributed by atoms with Gasteiger partial charge in [0.1, 0.15) is 5.54 Å². The van der Waals surface area contributed by atoms with Gasteiger partial charge in [0, 0.05) is 7.05 Å². The number of amides is 1. The van der Waals surface area contributed by atoms with Crippen LogP contribution in [0.15, 0.2) is 28.0 Å². The Morgan fingerprint density at radius 1 is 1.46 bits per heavy atom. The van der Waals surface area contributed by atoms with Crippen molar-refractivity contribution in [3.63, 3.8) is 0 Å². The minimum absolute atomic E-state index is 0.110. The number of rotatable bonds is 5. The molecule has 2 aromatic heterocycles. The van der Waals surface area contributed by atoms with Crippen molar-refractivity contribution < 1.29 is 9.21 Å². The molecule has 9 heteroatoms. The van der Waals surface area contributed by atoms with Gasteiger partial charge >= 0.3 is 0 Å². The van der Waals surface area contributed by atoms with E-state index in [1.807, 2.05) is 0 Å². The first-order chi connectivity index (χ1) is 12.5. The summed E-state index contributed by atoms with van der Waals surface area (Å²) in [5.41, 5.74) is -0.708. The topological polar surface area (TPSA) is 114 Å². The minimum atomic E-state index is -0.708. The predicted molar refractivity (Wildman–Crippen MR) is 97.4 cm³/mol. The molecule has 1 amide bonds. The molecule has 1 atom stereocenters. The molecule has 1 aliphatic carbocycles. The average molecular weight is 374 g/mol. The summed E-state index contributed by atoms with van der Waals surface area (Å²) in [4.78, 5) is 14.5. The number of hydrogen-bond acceptors (Lipinski definition) is 7. The first kappa shape index (κ1) is 18.3. The van der Waals surface area contributed by atoms with Crippen LogP contribution in [0.1, 0.15) is 39.0 Å². The summed E-state index contributed by atoms with van der Waals surface area (Å²) >= 11 is 1.22. The molecular formula is C17H22N6O2S. The Morgan fingerprint density at radius 3 is 2.81 bits per heavy atom.